The van der Waals surface area contributed by atoms with Gasteiger partial charge < -0.3 is 10.0 Å². The maximum Gasteiger partial charge on any atom is 0.317 e. The molecule has 0 atom stereocenters. The normalized spacial score (nSPS) is 16.8. The van der Waals surface area contributed by atoms with Crippen LogP contribution in [0.25, 0.3) is 0 Å². The second-order valence-corrected chi connectivity index (χ2v) is 5.00. The number of hydrogen-bond acceptors (Lipinski definition) is 4. The van der Waals surface area contributed by atoms with Crippen molar-refractivity contribution in [3.63, 3.8) is 0 Å². The van der Waals surface area contributed by atoms with E-state index in [1.54, 1.807) is 23.2 Å². The van der Waals surface area contributed by atoms with Crippen LogP contribution in [-0.2, 0) is 4.79 Å². The molecular formula is C14H19N3O3. The number of amides is 1. The molecule has 2 rings (SSSR count). The summed E-state index contributed by atoms with van der Waals surface area (Å²) >= 11 is 0. The van der Waals surface area contributed by atoms with Crippen molar-refractivity contribution in [1.82, 2.24) is 14.8 Å². The second kappa shape index (κ2) is 6.47. The molecule has 0 bridgehead atoms. The summed E-state index contributed by atoms with van der Waals surface area (Å²) in [7, 11) is 0. The predicted octanol–water partition coefficient (Wildman–Crippen LogP) is 0.623. The molecule has 0 saturated carbocycles. The summed E-state index contributed by atoms with van der Waals surface area (Å²) in [6, 6.07) is 3.50. The van der Waals surface area contributed by atoms with E-state index in [1.807, 2.05) is 11.8 Å². The number of carboxylic acids is 1. The Morgan fingerprint density at radius 1 is 1.30 bits per heavy atom. The Kier molecular flexibility index (Phi) is 4.68. The summed E-state index contributed by atoms with van der Waals surface area (Å²) in [5, 5.41) is 8.81. The third kappa shape index (κ3) is 3.77. The van der Waals surface area contributed by atoms with Gasteiger partial charge in [0.1, 0.15) is 0 Å². The van der Waals surface area contributed by atoms with Gasteiger partial charge in [0.15, 0.2) is 0 Å². The van der Waals surface area contributed by atoms with Gasteiger partial charge in [0.2, 0.25) is 0 Å². The first-order chi connectivity index (χ1) is 9.56. The van der Waals surface area contributed by atoms with E-state index in [2.05, 4.69) is 4.98 Å². The molecule has 0 unspecified atom stereocenters. The van der Waals surface area contributed by atoms with Gasteiger partial charge in [-0.05, 0) is 25.5 Å². The first-order valence-corrected chi connectivity index (χ1v) is 6.72. The lowest BCUT2D eigenvalue weighted by Gasteiger charge is -2.21. The molecule has 20 heavy (non-hydrogen) atoms. The first-order valence-electron chi connectivity index (χ1n) is 6.72. The van der Waals surface area contributed by atoms with Crippen molar-refractivity contribution in [2.24, 2.45) is 0 Å². The number of aliphatic carboxylic acids is 1. The van der Waals surface area contributed by atoms with Crippen molar-refractivity contribution >= 4 is 11.9 Å². The molecule has 0 aromatic carbocycles. The highest BCUT2D eigenvalue weighted by molar-refractivity contribution is 5.94. The number of hydrogen-bond donors (Lipinski definition) is 1. The highest BCUT2D eigenvalue weighted by atomic mass is 16.4. The van der Waals surface area contributed by atoms with Crippen molar-refractivity contribution in [2.45, 2.75) is 13.3 Å². The summed E-state index contributed by atoms with van der Waals surface area (Å²) < 4.78 is 0. The van der Waals surface area contributed by atoms with Gasteiger partial charge in [-0.15, -0.1) is 0 Å². The predicted molar refractivity (Wildman–Crippen MR) is 73.6 cm³/mol. The molecule has 1 aromatic rings. The van der Waals surface area contributed by atoms with Gasteiger partial charge in [-0.2, -0.15) is 0 Å². The molecule has 1 aliphatic heterocycles. The Hall–Kier alpha value is -1.95. The van der Waals surface area contributed by atoms with Crippen LogP contribution in [0.3, 0.4) is 0 Å². The maximum absolute atomic E-state index is 12.4. The lowest BCUT2D eigenvalue weighted by atomic mass is 10.2. The van der Waals surface area contributed by atoms with Gasteiger partial charge in [0.25, 0.3) is 5.91 Å². The zero-order valence-corrected chi connectivity index (χ0v) is 11.6. The molecule has 2 heterocycles. The molecule has 0 spiro atoms. The highest BCUT2D eigenvalue weighted by Gasteiger charge is 2.21. The van der Waals surface area contributed by atoms with Crippen LogP contribution in [0, 0.1) is 6.92 Å². The Labute approximate surface area is 118 Å². The zero-order valence-electron chi connectivity index (χ0n) is 11.6. The Bertz CT molecular complexity index is 504. The average molecular weight is 277 g/mol. The summed E-state index contributed by atoms with van der Waals surface area (Å²) in [4.78, 5) is 30.9. The number of nitrogens with zero attached hydrogens (tertiary/aromatic N) is 3. The van der Waals surface area contributed by atoms with E-state index in [-0.39, 0.29) is 12.5 Å². The van der Waals surface area contributed by atoms with Crippen molar-refractivity contribution in [3.8, 4) is 0 Å². The van der Waals surface area contributed by atoms with Crippen LogP contribution >= 0.6 is 0 Å². The molecule has 0 aliphatic carbocycles. The van der Waals surface area contributed by atoms with Crippen molar-refractivity contribution in [1.29, 1.82) is 0 Å². The quantitative estimate of drug-likeness (QED) is 0.877. The van der Waals surface area contributed by atoms with Gasteiger partial charge in [-0.3, -0.25) is 19.5 Å². The molecule has 1 amide bonds. The fourth-order valence-corrected chi connectivity index (χ4v) is 2.38. The minimum atomic E-state index is -0.825. The van der Waals surface area contributed by atoms with Gasteiger partial charge in [-0.25, -0.2) is 0 Å². The molecule has 6 heteroatoms. The van der Waals surface area contributed by atoms with Crippen LogP contribution in [0.2, 0.25) is 0 Å². The molecule has 6 nitrogen and oxygen atoms in total. The number of carboxylic acid groups (broad SMARTS) is 1. The standard InChI is InChI=1S/C14H19N3O3/c1-11-9-12(3-4-15-11)14(20)17-6-2-5-16(7-8-17)10-13(18)19/h3-4,9H,2,5-8,10H2,1H3,(H,18,19). The number of aryl methyl sites for hydroxylation is 1. The molecule has 1 aromatic heterocycles. The molecule has 1 N–H and O–H groups in total. The van der Waals surface area contributed by atoms with E-state index >= 15 is 0 Å². The van der Waals surface area contributed by atoms with Crippen molar-refractivity contribution in [2.75, 3.05) is 32.7 Å². The SMILES string of the molecule is Cc1cc(C(=O)N2CCCN(CC(=O)O)CC2)ccn1. The third-order valence-corrected chi connectivity index (χ3v) is 3.38. The minimum Gasteiger partial charge on any atom is -0.480 e. The molecule has 1 saturated heterocycles. The van der Waals surface area contributed by atoms with E-state index in [0.29, 0.717) is 31.7 Å². The van der Waals surface area contributed by atoms with Crippen molar-refractivity contribution < 1.29 is 14.7 Å². The number of carbonyl (C=O) groups excluding carboxylic acids is 1. The van der Waals surface area contributed by atoms with E-state index < -0.39 is 5.97 Å². The number of pyridine rings is 1. The highest BCUT2D eigenvalue weighted by Crippen LogP contribution is 2.09. The van der Waals surface area contributed by atoms with Crippen LogP contribution < -0.4 is 0 Å². The Balaban J connectivity index is 1.99. The third-order valence-electron chi connectivity index (χ3n) is 3.38. The van der Waals surface area contributed by atoms with E-state index in [1.165, 1.54) is 0 Å². The molecule has 0 radical (unpaired) electrons. The maximum atomic E-state index is 12.4. The van der Waals surface area contributed by atoms with Crippen LogP contribution in [0.15, 0.2) is 18.3 Å². The topological polar surface area (TPSA) is 73.7 Å². The molecule has 108 valence electrons. The largest absolute Gasteiger partial charge is 0.480 e. The van der Waals surface area contributed by atoms with Crippen LogP contribution in [0.1, 0.15) is 22.5 Å². The molecule has 1 fully saturated rings. The van der Waals surface area contributed by atoms with Gasteiger partial charge in [0, 0.05) is 43.6 Å². The van der Waals surface area contributed by atoms with Crippen molar-refractivity contribution in [3.05, 3.63) is 29.6 Å². The number of carbonyl (C=O) groups is 2. The number of aromatic nitrogens is 1. The number of rotatable bonds is 3. The molecular weight excluding hydrogens is 258 g/mol. The lowest BCUT2D eigenvalue weighted by molar-refractivity contribution is -0.138. The fourth-order valence-electron chi connectivity index (χ4n) is 2.38. The van der Waals surface area contributed by atoms with E-state index in [4.69, 9.17) is 5.11 Å². The minimum absolute atomic E-state index is 0.00678. The van der Waals surface area contributed by atoms with Gasteiger partial charge in [-0.1, -0.05) is 0 Å². The van der Waals surface area contributed by atoms with E-state index in [0.717, 1.165) is 12.1 Å². The Morgan fingerprint density at radius 2 is 2.10 bits per heavy atom. The zero-order chi connectivity index (χ0) is 14.5. The van der Waals surface area contributed by atoms with Crippen LogP contribution in [0.5, 0.6) is 0 Å². The van der Waals surface area contributed by atoms with Crippen LogP contribution in [-0.4, -0.2) is 64.5 Å². The summed E-state index contributed by atoms with van der Waals surface area (Å²) in [6.45, 7) is 4.43. The lowest BCUT2D eigenvalue weighted by Crippen LogP contribution is -2.36. The Morgan fingerprint density at radius 3 is 2.80 bits per heavy atom. The molecule has 1 aliphatic rings. The fraction of sp³-hybridized carbons (Fsp3) is 0.500. The first kappa shape index (κ1) is 14.5. The average Bonchev–Trinajstić information content (AvgIpc) is 2.63. The summed E-state index contributed by atoms with van der Waals surface area (Å²) in [6.07, 6.45) is 2.43. The smallest absolute Gasteiger partial charge is 0.317 e. The van der Waals surface area contributed by atoms with Crippen LogP contribution in [0.4, 0.5) is 0 Å². The van der Waals surface area contributed by atoms with Gasteiger partial charge in [0.05, 0.1) is 6.54 Å². The van der Waals surface area contributed by atoms with E-state index in [9.17, 15) is 9.59 Å². The summed E-state index contributed by atoms with van der Waals surface area (Å²) in [5.74, 6) is -0.831. The summed E-state index contributed by atoms with van der Waals surface area (Å²) in [5.41, 5.74) is 1.46. The second-order valence-electron chi connectivity index (χ2n) is 5.00. The van der Waals surface area contributed by atoms with Gasteiger partial charge >= 0.3 is 5.97 Å². The monoisotopic (exact) mass is 277 g/mol.